The van der Waals surface area contributed by atoms with Crippen molar-refractivity contribution in [2.45, 2.75) is 38.8 Å². The molecular formula is C16H20Cl2N2O5S. The van der Waals surface area contributed by atoms with Gasteiger partial charge in [0.05, 0.1) is 16.5 Å². The van der Waals surface area contributed by atoms with Gasteiger partial charge in [-0.3, -0.25) is 4.79 Å². The monoisotopic (exact) mass is 422 g/mol. The highest BCUT2D eigenvalue weighted by Crippen LogP contribution is 2.22. The molecule has 0 unspecified atom stereocenters. The second-order valence-corrected chi connectivity index (χ2v) is 9.18. The minimum atomic E-state index is -3.14. The topological polar surface area (TPSA) is 93.6 Å². The van der Waals surface area contributed by atoms with Gasteiger partial charge in [-0.25, -0.2) is 18.2 Å². The van der Waals surface area contributed by atoms with Crippen LogP contribution in [0.4, 0.5) is 0 Å². The van der Waals surface area contributed by atoms with Crippen LogP contribution in [0.3, 0.4) is 0 Å². The van der Waals surface area contributed by atoms with Gasteiger partial charge in [0.15, 0.2) is 22.1 Å². The Bertz CT molecular complexity index is 800. The fraction of sp³-hybridized carbons (Fsp3) is 0.562. The summed E-state index contributed by atoms with van der Waals surface area (Å²) in [6, 6.07) is 2.25. The second-order valence-electron chi connectivity index (χ2n) is 6.16. The van der Waals surface area contributed by atoms with Crippen LogP contribution in [-0.2, 0) is 19.4 Å². The molecule has 0 aliphatic carbocycles. The fourth-order valence-corrected chi connectivity index (χ4v) is 4.87. The number of nitrogens with zero attached hydrogens (tertiary/aromatic N) is 2. The van der Waals surface area contributed by atoms with Crippen molar-refractivity contribution in [3.8, 4) is 0 Å². The summed E-state index contributed by atoms with van der Waals surface area (Å²) in [6.45, 7) is 3.21. The summed E-state index contributed by atoms with van der Waals surface area (Å²) in [6.07, 6.45) is 1.03. The van der Waals surface area contributed by atoms with Crippen molar-refractivity contribution in [1.29, 1.82) is 0 Å². The van der Waals surface area contributed by atoms with Crippen LogP contribution in [0.5, 0.6) is 0 Å². The first-order valence-electron chi connectivity index (χ1n) is 8.15. The van der Waals surface area contributed by atoms with Gasteiger partial charge in [-0.1, -0.05) is 30.1 Å². The molecule has 2 atom stereocenters. The van der Waals surface area contributed by atoms with Crippen LogP contribution in [0.25, 0.3) is 0 Å². The third-order valence-electron chi connectivity index (χ3n) is 4.29. The summed E-state index contributed by atoms with van der Waals surface area (Å²) in [5, 5.41) is 0.137. The molecule has 1 aliphatic rings. The number of rotatable bonds is 6. The zero-order chi connectivity index (χ0) is 19.5. The molecule has 2 heterocycles. The Labute approximate surface area is 162 Å². The SMILES string of the molecule is CC[C@@H](C)N(C(=O)COC(=O)c1nc(Cl)ccc1Cl)[C@H]1CCS(=O)(=O)C1. The predicted molar refractivity (Wildman–Crippen MR) is 98.2 cm³/mol. The van der Waals surface area contributed by atoms with E-state index in [1.807, 2.05) is 13.8 Å². The predicted octanol–water partition coefficient (Wildman–Crippen LogP) is 2.36. The van der Waals surface area contributed by atoms with Crippen LogP contribution in [-0.4, -0.2) is 60.4 Å². The molecule has 1 aromatic rings. The zero-order valence-corrected chi connectivity index (χ0v) is 16.8. The summed E-state index contributed by atoms with van der Waals surface area (Å²) in [4.78, 5) is 30.0. The lowest BCUT2D eigenvalue weighted by Gasteiger charge is -2.33. The number of carbonyl (C=O) groups is 2. The average Bonchev–Trinajstić information content (AvgIpc) is 2.94. The maximum absolute atomic E-state index is 12.6. The van der Waals surface area contributed by atoms with Crippen molar-refractivity contribution in [3.63, 3.8) is 0 Å². The smallest absolute Gasteiger partial charge is 0.359 e. The quantitative estimate of drug-likeness (QED) is 0.515. The molecule has 0 spiro atoms. The van der Waals surface area contributed by atoms with Crippen LogP contribution >= 0.6 is 23.2 Å². The van der Waals surface area contributed by atoms with Crippen molar-refractivity contribution in [2.75, 3.05) is 18.1 Å². The van der Waals surface area contributed by atoms with Crippen molar-refractivity contribution in [2.24, 2.45) is 0 Å². The van der Waals surface area contributed by atoms with E-state index in [-0.39, 0.29) is 33.4 Å². The van der Waals surface area contributed by atoms with Gasteiger partial charge in [0.2, 0.25) is 0 Å². The number of aromatic nitrogens is 1. The molecule has 1 aromatic heterocycles. The molecule has 0 bridgehead atoms. The molecule has 0 saturated carbocycles. The third kappa shape index (κ3) is 5.08. The molecular weight excluding hydrogens is 403 g/mol. The van der Waals surface area contributed by atoms with E-state index in [2.05, 4.69) is 4.98 Å². The minimum Gasteiger partial charge on any atom is -0.451 e. The van der Waals surface area contributed by atoms with E-state index < -0.39 is 34.4 Å². The van der Waals surface area contributed by atoms with Gasteiger partial charge in [-0.15, -0.1) is 0 Å². The number of esters is 1. The summed E-state index contributed by atoms with van der Waals surface area (Å²) in [5.41, 5.74) is -0.175. The Balaban J connectivity index is 2.07. The molecule has 1 aliphatic heterocycles. The molecule has 1 fully saturated rings. The zero-order valence-electron chi connectivity index (χ0n) is 14.4. The van der Waals surface area contributed by atoms with Gasteiger partial charge in [0, 0.05) is 12.1 Å². The van der Waals surface area contributed by atoms with Crippen LogP contribution in [0.1, 0.15) is 37.2 Å². The van der Waals surface area contributed by atoms with Gasteiger partial charge in [0.1, 0.15) is 5.15 Å². The fourth-order valence-electron chi connectivity index (χ4n) is 2.83. The first-order valence-corrected chi connectivity index (χ1v) is 10.7. The van der Waals surface area contributed by atoms with Gasteiger partial charge in [0.25, 0.3) is 5.91 Å². The number of sulfone groups is 1. The molecule has 26 heavy (non-hydrogen) atoms. The molecule has 144 valence electrons. The number of ether oxygens (including phenoxy) is 1. The normalized spacial score (nSPS) is 19.8. The summed E-state index contributed by atoms with van der Waals surface area (Å²) >= 11 is 11.6. The van der Waals surface area contributed by atoms with E-state index in [1.54, 1.807) is 0 Å². The lowest BCUT2D eigenvalue weighted by atomic mass is 10.1. The van der Waals surface area contributed by atoms with E-state index in [0.29, 0.717) is 12.8 Å². The maximum Gasteiger partial charge on any atom is 0.359 e. The molecule has 1 saturated heterocycles. The van der Waals surface area contributed by atoms with E-state index in [9.17, 15) is 18.0 Å². The highest BCUT2D eigenvalue weighted by atomic mass is 35.5. The number of carbonyl (C=O) groups excluding carboxylic acids is 2. The summed E-state index contributed by atoms with van der Waals surface area (Å²) in [5.74, 6) is -1.33. The first-order chi connectivity index (χ1) is 12.1. The first kappa shape index (κ1) is 20.9. The Morgan fingerprint density at radius 1 is 1.38 bits per heavy atom. The van der Waals surface area contributed by atoms with E-state index in [0.717, 1.165) is 0 Å². The number of pyridine rings is 1. The number of hydrogen-bond acceptors (Lipinski definition) is 6. The van der Waals surface area contributed by atoms with Gasteiger partial charge in [-0.05, 0) is 31.9 Å². The third-order valence-corrected chi connectivity index (χ3v) is 6.55. The standard InChI is InChI=1S/C16H20Cl2N2O5S/c1-3-10(2)20(11-6-7-26(23,24)9-11)14(21)8-25-16(22)15-12(17)4-5-13(18)19-15/h4-5,10-11H,3,6-9H2,1-2H3/t10-,11+/m1/s1. The lowest BCUT2D eigenvalue weighted by Crippen LogP contribution is -2.48. The second kappa shape index (κ2) is 8.54. The molecule has 7 nitrogen and oxygen atoms in total. The lowest BCUT2D eigenvalue weighted by molar-refractivity contribution is -0.138. The Morgan fingerprint density at radius 2 is 2.08 bits per heavy atom. The molecule has 0 radical (unpaired) electrons. The number of halogens is 2. The number of amides is 1. The number of hydrogen-bond donors (Lipinski definition) is 0. The maximum atomic E-state index is 12.6. The highest BCUT2D eigenvalue weighted by Gasteiger charge is 2.36. The van der Waals surface area contributed by atoms with Crippen molar-refractivity contribution in [1.82, 2.24) is 9.88 Å². The van der Waals surface area contributed by atoms with Crippen molar-refractivity contribution in [3.05, 3.63) is 28.0 Å². The highest BCUT2D eigenvalue weighted by molar-refractivity contribution is 7.91. The van der Waals surface area contributed by atoms with Gasteiger partial charge in [-0.2, -0.15) is 0 Å². The summed E-state index contributed by atoms with van der Waals surface area (Å²) < 4.78 is 28.5. The molecule has 0 N–H and O–H groups in total. The van der Waals surface area contributed by atoms with Crippen LogP contribution in [0, 0.1) is 0 Å². The average molecular weight is 423 g/mol. The molecule has 0 aromatic carbocycles. The molecule has 10 heteroatoms. The van der Waals surface area contributed by atoms with Crippen molar-refractivity contribution >= 4 is 44.9 Å². The van der Waals surface area contributed by atoms with Crippen molar-refractivity contribution < 1.29 is 22.7 Å². The Hall–Kier alpha value is -1.38. The van der Waals surface area contributed by atoms with Crippen LogP contribution in [0.15, 0.2) is 12.1 Å². The van der Waals surface area contributed by atoms with Crippen LogP contribution in [0.2, 0.25) is 10.2 Å². The Kier molecular flexibility index (Phi) is 6.87. The van der Waals surface area contributed by atoms with Gasteiger partial charge >= 0.3 is 5.97 Å². The van der Waals surface area contributed by atoms with E-state index >= 15 is 0 Å². The largest absolute Gasteiger partial charge is 0.451 e. The Morgan fingerprint density at radius 3 is 2.65 bits per heavy atom. The molecule has 1 amide bonds. The van der Waals surface area contributed by atoms with E-state index in [4.69, 9.17) is 27.9 Å². The minimum absolute atomic E-state index is 0.0553. The molecule has 2 rings (SSSR count). The van der Waals surface area contributed by atoms with Gasteiger partial charge < -0.3 is 9.64 Å². The summed E-state index contributed by atoms with van der Waals surface area (Å²) in [7, 11) is -3.14. The van der Waals surface area contributed by atoms with Crippen LogP contribution < -0.4 is 0 Å². The van der Waals surface area contributed by atoms with E-state index in [1.165, 1.54) is 17.0 Å².